The van der Waals surface area contributed by atoms with Crippen LogP contribution in [0.15, 0.2) is 18.2 Å². The number of aryl methyl sites for hydroxylation is 2. The molecule has 2 saturated heterocycles. The summed E-state index contributed by atoms with van der Waals surface area (Å²) >= 11 is 0. The summed E-state index contributed by atoms with van der Waals surface area (Å²) < 4.78 is 11.4. The molecule has 1 aromatic rings. The fraction of sp³-hybridized carbons (Fsp3) is 0.588. The van der Waals surface area contributed by atoms with E-state index in [0.29, 0.717) is 19.6 Å². The Hall–Kier alpha value is -1.39. The number of hydrogen-bond donors (Lipinski definition) is 0. The number of benzene rings is 1. The molecule has 0 N–H and O–H groups in total. The van der Waals surface area contributed by atoms with Gasteiger partial charge < -0.3 is 14.4 Å². The van der Waals surface area contributed by atoms with E-state index < -0.39 is 5.79 Å². The molecule has 0 bridgehead atoms. The standard InChI is InChI=1S/C17H23NO3/c1-13-3-4-15(11-14(13)2)12-16(19)18-7-5-17(6-8-18)20-9-10-21-17/h3-4,11H,5-10,12H2,1-2H3. The number of nitrogens with zero attached hydrogens (tertiary/aromatic N) is 1. The second-order valence-electron chi connectivity index (χ2n) is 6.08. The Labute approximate surface area is 126 Å². The summed E-state index contributed by atoms with van der Waals surface area (Å²) in [5, 5.41) is 0. The van der Waals surface area contributed by atoms with Crippen LogP contribution in [0.3, 0.4) is 0 Å². The molecule has 0 atom stereocenters. The Bertz CT molecular complexity index is 525. The molecule has 4 heteroatoms. The molecule has 0 radical (unpaired) electrons. The Morgan fingerprint density at radius 1 is 1.14 bits per heavy atom. The van der Waals surface area contributed by atoms with Crippen LogP contribution in [0.4, 0.5) is 0 Å². The molecule has 1 amide bonds. The Balaban J connectivity index is 1.57. The zero-order valence-corrected chi connectivity index (χ0v) is 12.9. The van der Waals surface area contributed by atoms with E-state index in [2.05, 4.69) is 32.0 Å². The largest absolute Gasteiger partial charge is 0.347 e. The molecule has 3 rings (SSSR count). The third-order valence-corrected chi connectivity index (χ3v) is 4.62. The van der Waals surface area contributed by atoms with Gasteiger partial charge in [0, 0.05) is 25.9 Å². The van der Waals surface area contributed by atoms with Crippen LogP contribution in [0.25, 0.3) is 0 Å². The van der Waals surface area contributed by atoms with Crippen molar-refractivity contribution < 1.29 is 14.3 Å². The Morgan fingerprint density at radius 3 is 2.43 bits per heavy atom. The highest BCUT2D eigenvalue weighted by molar-refractivity contribution is 5.79. The SMILES string of the molecule is Cc1ccc(CC(=O)N2CCC3(CC2)OCCO3)cc1C. The van der Waals surface area contributed by atoms with Gasteiger partial charge in [-0.1, -0.05) is 18.2 Å². The molecule has 0 unspecified atom stereocenters. The first-order valence-electron chi connectivity index (χ1n) is 7.70. The summed E-state index contributed by atoms with van der Waals surface area (Å²) in [6.07, 6.45) is 2.05. The van der Waals surface area contributed by atoms with Gasteiger partial charge in [-0.3, -0.25) is 4.79 Å². The number of hydrogen-bond acceptors (Lipinski definition) is 3. The van der Waals surface area contributed by atoms with E-state index in [9.17, 15) is 4.79 Å². The van der Waals surface area contributed by atoms with Gasteiger partial charge in [0.05, 0.1) is 19.6 Å². The highest BCUT2D eigenvalue weighted by Crippen LogP contribution is 2.31. The van der Waals surface area contributed by atoms with Gasteiger partial charge in [0.15, 0.2) is 5.79 Å². The molecule has 0 saturated carbocycles. The zero-order valence-electron chi connectivity index (χ0n) is 12.9. The van der Waals surface area contributed by atoms with E-state index >= 15 is 0 Å². The van der Waals surface area contributed by atoms with Crippen molar-refractivity contribution in [3.05, 3.63) is 34.9 Å². The maximum Gasteiger partial charge on any atom is 0.226 e. The molecule has 0 aromatic heterocycles. The lowest BCUT2D eigenvalue weighted by Crippen LogP contribution is -2.47. The minimum Gasteiger partial charge on any atom is -0.347 e. The quantitative estimate of drug-likeness (QED) is 0.838. The third kappa shape index (κ3) is 3.11. The van der Waals surface area contributed by atoms with Crippen molar-refractivity contribution in [2.45, 2.75) is 38.9 Å². The summed E-state index contributed by atoms with van der Waals surface area (Å²) in [5.74, 6) is -0.205. The van der Waals surface area contributed by atoms with Crippen molar-refractivity contribution in [1.82, 2.24) is 4.90 Å². The first-order chi connectivity index (χ1) is 10.1. The Kier molecular flexibility index (Phi) is 4.00. The zero-order chi connectivity index (χ0) is 14.9. The maximum absolute atomic E-state index is 12.4. The van der Waals surface area contributed by atoms with Gasteiger partial charge in [-0.05, 0) is 30.5 Å². The highest BCUT2D eigenvalue weighted by Gasteiger charge is 2.40. The van der Waals surface area contributed by atoms with Crippen LogP contribution < -0.4 is 0 Å². The van der Waals surface area contributed by atoms with Gasteiger partial charge in [0.1, 0.15) is 0 Å². The lowest BCUT2D eigenvalue weighted by atomic mass is 10.0. The van der Waals surface area contributed by atoms with Crippen LogP contribution in [0.1, 0.15) is 29.5 Å². The number of rotatable bonds is 2. The van der Waals surface area contributed by atoms with Gasteiger partial charge >= 0.3 is 0 Å². The number of likely N-dealkylation sites (tertiary alicyclic amines) is 1. The summed E-state index contributed by atoms with van der Waals surface area (Å²) in [6.45, 7) is 6.98. The summed E-state index contributed by atoms with van der Waals surface area (Å²) in [7, 11) is 0. The van der Waals surface area contributed by atoms with Gasteiger partial charge in [0.2, 0.25) is 5.91 Å². The predicted octanol–water partition coefficient (Wildman–Crippen LogP) is 2.21. The maximum atomic E-state index is 12.4. The second-order valence-corrected chi connectivity index (χ2v) is 6.08. The number of ether oxygens (including phenoxy) is 2. The number of carbonyl (C=O) groups is 1. The van der Waals surface area contributed by atoms with Crippen LogP contribution in [-0.2, 0) is 20.7 Å². The lowest BCUT2D eigenvalue weighted by Gasteiger charge is -2.37. The number of piperidine rings is 1. The fourth-order valence-electron chi connectivity index (χ4n) is 3.08. The Morgan fingerprint density at radius 2 is 1.81 bits per heavy atom. The minimum absolute atomic E-state index is 0.200. The van der Waals surface area contributed by atoms with Crippen LogP contribution in [0.2, 0.25) is 0 Å². The van der Waals surface area contributed by atoms with Crippen molar-refractivity contribution in [1.29, 1.82) is 0 Å². The van der Waals surface area contributed by atoms with E-state index in [0.717, 1.165) is 31.5 Å². The van der Waals surface area contributed by atoms with E-state index in [4.69, 9.17) is 9.47 Å². The van der Waals surface area contributed by atoms with E-state index in [1.165, 1.54) is 11.1 Å². The first-order valence-corrected chi connectivity index (χ1v) is 7.70. The van der Waals surface area contributed by atoms with E-state index in [-0.39, 0.29) is 5.91 Å². The summed E-state index contributed by atoms with van der Waals surface area (Å²) in [6, 6.07) is 6.25. The molecule has 0 aliphatic carbocycles. The average Bonchev–Trinajstić information content (AvgIpc) is 2.92. The summed E-state index contributed by atoms with van der Waals surface area (Å²) in [4.78, 5) is 14.3. The molecule has 2 aliphatic rings. The van der Waals surface area contributed by atoms with Gasteiger partial charge in [-0.2, -0.15) is 0 Å². The predicted molar refractivity (Wildman–Crippen MR) is 80.1 cm³/mol. The molecule has 2 fully saturated rings. The molecule has 2 heterocycles. The molecule has 2 aliphatic heterocycles. The summed E-state index contributed by atoms with van der Waals surface area (Å²) in [5.41, 5.74) is 3.60. The van der Waals surface area contributed by atoms with Crippen molar-refractivity contribution in [3.8, 4) is 0 Å². The number of amides is 1. The van der Waals surface area contributed by atoms with Crippen LogP contribution in [-0.4, -0.2) is 42.9 Å². The molecule has 4 nitrogen and oxygen atoms in total. The van der Waals surface area contributed by atoms with Crippen molar-refractivity contribution in [3.63, 3.8) is 0 Å². The molecule has 1 aromatic carbocycles. The monoisotopic (exact) mass is 289 g/mol. The normalized spacial score (nSPS) is 21.0. The van der Waals surface area contributed by atoms with Crippen LogP contribution in [0, 0.1) is 13.8 Å². The highest BCUT2D eigenvalue weighted by atomic mass is 16.7. The van der Waals surface area contributed by atoms with Crippen LogP contribution >= 0.6 is 0 Å². The first kappa shape index (κ1) is 14.5. The molecular formula is C17H23NO3. The minimum atomic E-state index is -0.406. The number of carbonyl (C=O) groups excluding carboxylic acids is 1. The second kappa shape index (κ2) is 5.78. The average molecular weight is 289 g/mol. The molecule has 1 spiro atoms. The molecule has 114 valence electrons. The van der Waals surface area contributed by atoms with E-state index in [1.807, 2.05) is 4.90 Å². The molecular weight excluding hydrogens is 266 g/mol. The van der Waals surface area contributed by atoms with Gasteiger partial charge in [-0.25, -0.2) is 0 Å². The van der Waals surface area contributed by atoms with Crippen molar-refractivity contribution in [2.24, 2.45) is 0 Å². The molecule has 21 heavy (non-hydrogen) atoms. The van der Waals surface area contributed by atoms with Crippen molar-refractivity contribution >= 4 is 5.91 Å². The van der Waals surface area contributed by atoms with Crippen molar-refractivity contribution in [2.75, 3.05) is 26.3 Å². The topological polar surface area (TPSA) is 38.8 Å². The third-order valence-electron chi connectivity index (χ3n) is 4.62. The van der Waals surface area contributed by atoms with Crippen LogP contribution in [0.5, 0.6) is 0 Å². The van der Waals surface area contributed by atoms with E-state index in [1.54, 1.807) is 0 Å². The lowest BCUT2D eigenvalue weighted by molar-refractivity contribution is -0.187. The van der Waals surface area contributed by atoms with Gasteiger partial charge in [0.25, 0.3) is 0 Å². The van der Waals surface area contributed by atoms with Gasteiger partial charge in [-0.15, -0.1) is 0 Å². The smallest absolute Gasteiger partial charge is 0.226 e. The fourth-order valence-corrected chi connectivity index (χ4v) is 3.08.